The van der Waals surface area contributed by atoms with Crippen LogP contribution in [0, 0.1) is 0 Å². The van der Waals surface area contributed by atoms with Gasteiger partial charge >= 0.3 is 0 Å². The maximum atomic E-state index is 13.7. The van der Waals surface area contributed by atoms with Gasteiger partial charge in [0.15, 0.2) is 0 Å². The van der Waals surface area contributed by atoms with Crippen LogP contribution in [0.2, 0.25) is 0 Å². The molecule has 5 nitrogen and oxygen atoms in total. The summed E-state index contributed by atoms with van der Waals surface area (Å²) in [5.41, 5.74) is 2.68. The quantitative estimate of drug-likeness (QED) is 0.822. The highest BCUT2D eigenvalue weighted by Crippen LogP contribution is 2.40. The summed E-state index contributed by atoms with van der Waals surface area (Å²) in [7, 11) is 0. The van der Waals surface area contributed by atoms with Crippen LogP contribution in [0.3, 0.4) is 0 Å². The van der Waals surface area contributed by atoms with Crippen molar-refractivity contribution in [3.05, 3.63) is 69.6 Å². The zero-order chi connectivity index (χ0) is 19.8. The molecule has 1 aromatic heterocycles. The third kappa shape index (κ3) is 3.35. The van der Waals surface area contributed by atoms with Crippen LogP contribution in [0.1, 0.15) is 42.2 Å². The number of hydrogen-bond acceptors (Lipinski definition) is 4. The molecule has 0 radical (unpaired) electrons. The molecular formula is C23H25N3O2S. The Balaban J connectivity index is 1.63. The van der Waals surface area contributed by atoms with E-state index in [9.17, 15) is 9.59 Å². The highest BCUT2D eigenvalue weighted by atomic mass is 32.1. The number of amides is 2. The van der Waals surface area contributed by atoms with Gasteiger partial charge in [0.25, 0.3) is 5.91 Å². The summed E-state index contributed by atoms with van der Waals surface area (Å²) < 4.78 is 0. The molecule has 1 aromatic carbocycles. The van der Waals surface area contributed by atoms with Crippen LogP contribution in [-0.4, -0.2) is 35.3 Å². The molecule has 0 bridgehead atoms. The van der Waals surface area contributed by atoms with E-state index < -0.39 is 0 Å². The van der Waals surface area contributed by atoms with E-state index >= 15 is 0 Å². The Bertz CT molecular complexity index is 938. The van der Waals surface area contributed by atoms with Crippen molar-refractivity contribution in [1.29, 1.82) is 0 Å². The highest BCUT2D eigenvalue weighted by Gasteiger charge is 2.46. The molecule has 150 valence electrons. The van der Waals surface area contributed by atoms with Crippen molar-refractivity contribution in [2.24, 2.45) is 0 Å². The lowest BCUT2D eigenvalue weighted by molar-refractivity contribution is -0.136. The molecule has 3 unspecified atom stereocenters. The number of rotatable bonds is 3. The topological polar surface area (TPSA) is 61.4 Å². The summed E-state index contributed by atoms with van der Waals surface area (Å²) in [6.07, 6.45) is 4.65. The molecule has 2 N–H and O–H groups in total. The summed E-state index contributed by atoms with van der Waals surface area (Å²) in [4.78, 5) is 29.7. The molecule has 29 heavy (non-hydrogen) atoms. The van der Waals surface area contributed by atoms with Crippen molar-refractivity contribution in [3.63, 3.8) is 0 Å². The summed E-state index contributed by atoms with van der Waals surface area (Å²) in [5, 5.41) is 8.65. The molecule has 1 aliphatic carbocycles. The van der Waals surface area contributed by atoms with Crippen molar-refractivity contribution in [2.75, 3.05) is 6.54 Å². The van der Waals surface area contributed by atoms with Crippen molar-refractivity contribution >= 4 is 23.2 Å². The third-order valence-corrected chi connectivity index (χ3v) is 7.18. The number of carbonyl (C=O) groups is 2. The van der Waals surface area contributed by atoms with E-state index in [1.54, 1.807) is 11.3 Å². The largest absolute Gasteiger partial charge is 0.382 e. The first-order valence-corrected chi connectivity index (χ1v) is 11.3. The standard InChI is InChI=1S/C23H25N3O2S/c27-20(13-16-9-6-12-29-16)26-19-11-5-4-10-17(19)25-18-14-24-23(28)21(18)22(26)15-7-2-1-3-8-15/h1-3,6-9,12,17,19,22,25H,4-5,10-11,13-14H2,(H,24,28). The Hall–Kier alpha value is -2.60. The van der Waals surface area contributed by atoms with Gasteiger partial charge in [-0.05, 0) is 29.9 Å². The number of thiophene rings is 1. The first kappa shape index (κ1) is 18.4. The maximum absolute atomic E-state index is 13.7. The average molecular weight is 408 g/mol. The number of fused-ring (bicyclic) bond motifs is 1. The molecule has 3 heterocycles. The van der Waals surface area contributed by atoms with Gasteiger partial charge in [0.05, 0.1) is 30.6 Å². The molecule has 0 spiro atoms. The first-order valence-electron chi connectivity index (χ1n) is 10.4. The van der Waals surface area contributed by atoms with Crippen LogP contribution in [0.5, 0.6) is 0 Å². The Kier molecular flexibility index (Phi) is 4.87. The van der Waals surface area contributed by atoms with Crippen molar-refractivity contribution in [1.82, 2.24) is 15.5 Å². The van der Waals surface area contributed by atoms with E-state index in [2.05, 4.69) is 10.6 Å². The first-order chi connectivity index (χ1) is 14.2. The highest BCUT2D eigenvalue weighted by molar-refractivity contribution is 7.10. The molecule has 2 amide bonds. The van der Waals surface area contributed by atoms with Crippen molar-refractivity contribution in [2.45, 2.75) is 50.2 Å². The second-order valence-electron chi connectivity index (χ2n) is 8.05. The lowest BCUT2D eigenvalue weighted by atomic mass is 9.87. The maximum Gasteiger partial charge on any atom is 0.251 e. The SMILES string of the molecule is O=C1NCC2=C1C(c1ccccc1)N(C(=O)Cc1cccs1)C1CCCCC1N2. The van der Waals surface area contributed by atoms with E-state index in [1.165, 1.54) is 0 Å². The zero-order valence-corrected chi connectivity index (χ0v) is 17.1. The lowest BCUT2D eigenvalue weighted by Gasteiger charge is -2.42. The molecule has 6 heteroatoms. The summed E-state index contributed by atoms with van der Waals surface area (Å²) in [6, 6.07) is 14.0. The zero-order valence-electron chi connectivity index (χ0n) is 16.3. The second-order valence-corrected chi connectivity index (χ2v) is 9.08. The van der Waals surface area contributed by atoms with Crippen LogP contribution in [0.4, 0.5) is 0 Å². The van der Waals surface area contributed by atoms with Gasteiger partial charge in [-0.25, -0.2) is 0 Å². The van der Waals surface area contributed by atoms with E-state index in [0.29, 0.717) is 18.5 Å². The predicted molar refractivity (Wildman–Crippen MR) is 113 cm³/mol. The minimum absolute atomic E-state index is 0.0612. The molecule has 1 saturated carbocycles. The van der Waals surface area contributed by atoms with Gasteiger partial charge in [0, 0.05) is 16.6 Å². The molecule has 1 fully saturated rings. The monoisotopic (exact) mass is 407 g/mol. The number of nitrogens with zero attached hydrogens (tertiary/aromatic N) is 1. The average Bonchev–Trinajstić information content (AvgIpc) is 3.34. The van der Waals surface area contributed by atoms with Gasteiger partial charge in [0.2, 0.25) is 5.91 Å². The molecule has 3 atom stereocenters. The summed E-state index contributed by atoms with van der Waals surface area (Å²) in [6.45, 7) is 0.522. The number of nitrogens with one attached hydrogen (secondary N) is 2. The van der Waals surface area contributed by atoms with Gasteiger partial charge in [0.1, 0.15) is 0 Å². The van der Waals surface area contributed by atoms with E-state index in [4.69, 9.17) is 0 Å². The minimum Gasteiger partial charge on any atom is -0.382 e. The minimum atomic E-state index is -0.346. The van der Waals surface area contributed by atoms with E-state index in [0.717, 1.165) is 41.8 Å². The van der Waals surface area contributed by atoms with Crippen molar-refractivity contribution in [3.8, 4) is 0 Å². The molecule has 5 rings (SSSR count). The second kappa shape index (κ2) is 7.67. The summed E-state index contributed by atoms with van der Waals surface area (Å²) >= 11 is 1.61. The smallest absolute Gasteiger partial charge is 0.251 e. The Labute approximate surface area is 174 Å². The van der Waals surface area contributed by atoms with E-state index in [-0.39, 0.29) is 29.9 Å². The molecular weight excluding hydrogens is 382 g/mol. The fourth-order valence-corrected chi connectivity index (χ4v) is 5.72. The van der Waals surface area contributed by atoms with Gasteiger partial charge in [-0.2, -0.15) is 0 Å². The fraction of sp³-hybridized carbons (Fsp3) is 0.391. The number of carbonyl (C=O) groups excluding carboxylic acids is 2. The Morgan fingerprint density at radius 3 is 2.72 bits per heavy atom. The molecule has 2 aliphatic heterocycles. The predicted octanol–water partition coefficient (Wildman–Crippen LogP) is 3.16. The van der Waals surface area contributed by atoms with Gasteiger partial charge in [-0.15, -0.1) is 11.3 Å². The van der Waals surface area contributed by atoms with E-state index in [1.807, 2.05) is 52.7 Å². The molecule has 0 saturated heterocycles. The Morgan fingerprint density at radius 1 is 1.10 bits per heavy atom. The van der Waals surface area contributed by atoms with Gasteiger partial charge in [-0.1, -0.05) is 49.2 Å². The van der Waals surface area contributed by atoms with Crippen LogP contribution < -0.4 is 10.6 Å². The van der Waals surface area contributed by atoms with Crippen LogP contribution in [-0.2, 0) is 16.0 Å². The normalized spacial score (nSPS) is 26.3. The molecule has 2 aromatic rings. The van der Waals surface area contributed by atoms with Crippen LogP contribution in [0.25, 0.3) is 0 Å². The number of benzene rings is 1. The summed E-state index contributed by atoms with van der Waals surface area (Å²) in [5.74, 6) is 0.0439. The van der Waals surface area contributed by atoms with Crippen LogP contribution >= 0.6 is 11.3 Å². The Morgan fingerprint density at radius 2 is 1.93 bits per heavy atom. The lowest BCUT2D eigenvalue weighted by Crippen LogP contribution is -2.54. The number of hydrogen-bond donors (Lipinski definition) is 2. The van der Waals surface area contributed by atoms with Crippen molar-refractivity contribution < 1.29 is 9.59 Å². The van der Waals surface area contributed by atoms with Gasteiger partial charge < -0.3 is 15.5 Å². The van der Waals surface area contributed by atoms with Crippen LogP contribution in [0.15, 0.2) is 59.1 Å². The fourth-order valence-electron chi connectivity index (χ4n) is 5.03. The van der Waals surface area contributed by atoms with Gasteiger partial charge in [-0.3, -0.25) is 9.59 Å². The molecule has 3 aliphatic rings. The third-order valence-electron chi connectivity index (χ3n) is 6.30.